The molecule has 0 fully saturated rings. The molecule has 1 N–H and O–H groups in total. The number of para-hydroxylation sites is 1. The number of hydrogen-bond acceptors (Lipinski definition) is 3. The van der Waals surface area contributed by atoms with Gasteiger partial charge in [0.25, 0.3) is 5.91 Å². The molecular formula is C27H21Cl2N3O2. The SMILES string of the molecule is COc1ccc(CNC(=O)/C(C#N)=C\c2cn(Cc3ccc(Cl)c(Cl)c3)c3ccccc23)cc1. The Hall–Kier alpha value is -3.72. The van der Waals surface area contributed by atoms with Crippen molar-refractivity contribution in [2.75, 3.05) is 7.11 Å². The van der Waals surface area contributed by atoms with E-state index in [1.165, 1.54) is 0 Å². The number of nitrogens with zero attached hydrogens (tertiary/aromatic N) is 2. The number of methoxy groups -OCH3 is 1. The molecule has 4 aromatic rings. The first-order valence-electron chi connectivity index (χ1n) is 10.5. The molecule has 0 saturated carbocycles. The summed E-state index contributed by atoms with van der Waals surface area (Å²) in [5.74, 6) is 0.310. The number of ether oxygens (including phenoxy) is 1. The van der Waals surface area contributed by atoms with Gasteiger partial charge in [0.05, 0.1) is 17.2 Å². The Morgan fingerprint density at radius 2 is 1.79 bits per heavy atom. The van der Waals surface area contributed by atoms with E-state index in [1.807, 2.05) is 72.9 Å². The van der Waals surface area contributed by atoms with Crippen molar-refractivity contribution in [3.8, 4) is 11.8 Å². The van der Waals surface area contributed by atoms with Crippen molar-refractivity contribution < 1.29 is 9.53 Å². The van der Waals surface area contributed by atoms with E-state index in [2.05, 4.69) is 9.88 Å². The molecule has 0 unspecified atom stereocenters. The number of fused-ring (bicyclic) bond motifs is 1. The van der Waals surface area contributed by atoms with Crippen LogP contribution in [0.3, 0.4) is 0 Å². The number of nitrogens with one attached hydrogen (secondary N) is 1. The van der Waals surface area contributed by atoms with Gasteiger partial charge in [-0.1, -0.05) is 59.6 Å². The van der Waals surface area contributed by atoms with Crippen LogP contribution in [-0.2, 0) is 17.9 Å². The zero-order valence-electron chi connectivity index (χ0n) is 18.4. The zero-order chi connectivity index (χ0) is 24.1. The number of nitriles is 1. The van der Waals surface area contributed by atoms with Gasteiger partial charge in [-0.2, -0.15) is 5.26 Å². The maximum absolute atomic E-state index is 12.7. The second-order valence-electron chi connectivity index (χ2n) is 7.68. The van der Waals surface area contributed by atoms with Crippen LogP contribution in [0.15, 0.2) is 78.5 Å². The molecule has 0 aliphatic carbocycles. The molecule has 170 valence electrons. The minimum atomic E-state index is -0.431. The fourth-order valence-corrected chi connectivity index (χ4v) is 4.00. The van der Waals surface area contributed by atoms with Crippen LogP contribution < -0.4 is 10.1 Å². The number of halogens is 2. The van der Waals surface area contributed by atoms with E-state index >= 15 is 0 Å². The highest BCUT2D eigenvalue weighted by molar-refractivity contribution is 6.42. The Bertz CT molecular complexity index is 1420. The van der Waals surface area contributed by atoms with Crippen molar-refractivity contribution in [1.29, 1.82) is 5.26 Å². The summed E-state index contributed by atoms with van der Waals surface area (Å²) in [6.07, 6.45) is 3.55. The molecule has 0 atom stereocenters. The van der Waals surface area contributed by atoms with Crippen molar-refractivity contribution in [2.45, 2.75) is 13.1 Å². The molecule has 3 aromatic carbocycles. The average molecular weight is 490 g/mol. The van der Waals surface area contributed by atoms with Crippen molar-refractivity contribution in [3.05, 3.63) is 105 Å². The average Bonchev–Trinajstić information content (AvgIpc) is 3.20. The molecule has 0 saturated heterocycles. The molecule has 1 heterocycles. The highest BCUT2D eigenvalue weighted by atomic mass is 35.5. The van der Waals surface area contributed by atoms with Crippen LogP contribution in [0, 0.1) is 11.3 Å². The minimum Gasteiger partial charge on any atom is -0.497 e. The molecule has 0 aliphatic heterocycles. The van der Waals surface area contributed by atoms with Crippen LogP contribution in [0.5, 0.6) is 5.75 Å². The Labute approximate surface area is 207 Å². The summed E-state index contributed by atoms with van der Waals surface area (Å²) >= 11 is 12.2. The Morgan fingerprint density at radius 3 is 2.50 bits per heavy atom. The molecule has 0 aliphatic rings. The monoisotopic (exact) mass is 489 g/mol. The summed E-state index contributed by atoms with van der Waals surface area (Å²) in [5.41, 5.74) is 3.70. The molecule has 0 spiro atoms. The standard InChI is InChI=1S/C27H21Cl2N3O2/c1-34-22-9-6-18(7-10-22)15-31-27(33)20(14-30)13-21-17-32(26-5-3-2-4-23(21)26)16-19-8-11-24(28)25(29)12-19/h2-13,17H,15-16H2,1H3,(H,31,33)/b20-13-. The summed E-state index contributed by atoms with van der Waals surface area (Å²) in [6.45, 7) is 0.873. The normalized spacial score (nSPS) is 11.3. The van der Waals surface area contributed by atoms with Crippen LogP contribution >= 0.6 is 23.2 Å². The first kappa shape index (κ1) is 23.4. The second-order valence-corrected chi connectivity index (χ2v) is 8.49. The van der Waals surface area contributed by atoms with Gasteiger partial charge >= 0.3 is 0 Å². The lowest BCUT2D eigenvalue weighted by atomic mass is 10.1. The second kappa shape index (κ2) is 10.5. The van der Waals surface area contributed by atoms with Crippen LogP contribution in [-0.4, -0.2) is 17.6 Å². The van der Waals surface area contributed by atoms with Crippen molar-refractivity contribution in [1.82, 2.24) is 9.88 Å². The van der Waals surface area contributed by atoms with Crippen molar-refractivity contribution in [2.24, 2.45) is 0 Å². The largest absolute Gasteiger partial charge is 0.497 e. The molecule has 5 nitrogen and oxygen atoms in total. The van der Waals surface area contributed by atoms with Crippen LogP contribution in [0.25, 0.3) is 17.0 Å². The van der Waals surface area contributed by atoms with Crippen LogP contribution in [0.4, 0.5) is 0 Å². The van der Waals surface area contributed by atoms with Crippen molar-refractivity contribution >= 4 is 46.1 Å². The van der Waals surface area contributed by atoms with Gasteiger partial charge in [0, 0.05) is 35.8 Å². The van der Waals surface area contributed by atoms with Crippen LogP contribution in [0.2, 0.25) is 10.0 Å². The van der Waals surface area contributed by atoms with Gasteiger partial charge in [-0.05, 0) is 47.5 Å². The van der Waals surface area contributed by atoms with Gasteiger partial charge in [-0.15, -0.1) is 0 Å². The molecule has 4 rings (SSSR count). The number of rotatable bonds is 7. The van der Waals surface area contributed by atoms with Gasteiger partial charge in [0.2, 0.25) is 0 Å². The van der Waals surface area contributed by atoms with Crippen LogP contribution in [0.1, 0.15) is 16.7 Å². The third-order valence-corrected chi connectivity index (χ3v) is 6.17. The number of aromatic nitrogens is 1. The zero-order valence-corrected chi connectivity index (χ0v) is 19.9. The number of carbonyl (C=O) groups is 1. The fourth-order valence-electron chi connectivity index (χ4n) is 3.68. The minimum absolute atomic E-state index is 0.0333. The van der Waals surface area contributed by atoms with E-state index in [0.29, 0.717) is 23.1 Å². The molecule has 0 radical (unpaired) electrons. The number of hydrogen-bond donors (Lipinski definition) is 1. The number of carbonyl (C=O) groups excluding carboxylic acids is 1. The highest BCUT2D eigenvalue weighted by Crippen LogP contribution is 2.27. The van der Waals surface area contributed by atoms with Gasteiger partial charge in [-0.3, -0.25) is 4.79 Å². The van der Waals surface area contributed by atoms with E-state index in [1.54, 1.807) is 19.3 Å². The molecule has 0 bridgehead atoms. The first-order chi connectivity index (χ1) is 16.5. The van der Waals surface area contributed by atoms with E-state index in [4.69, 9.17) is 27.9 Å². The Kier molecular flexibility index (Phi) is 7.22. The smallest absolute Gasteiger partial charge is 0.262 e. The maximum Gasteiger partial charge on any atom is 0.262 e. The van der Waals surface area contributed by atoms with Crippen molar-refractivity contribution in [3.63, 3.8) is 0 Å². The van der Waals surface area contributed by atoms with Gasteiger partial charge in [-0.25, -0.2) is 0 Å². The predicted molar refractivity (Wildman–Crippen MR) is 136 cm³/mol. The molecule has 34 heavy (non-hydrogen) atoms. The van der Waals surface area contributed by atoms with Gasteiger partial charge in [0.1, 0.15) is 17.4 Å². The quantitative estimate of drug-likeness (QED) is 0.247. The van der Waals surface area contributed by atoms with E-state index in [0.717, 1.165) is 33.3 Å². The lowest BCUT2D eigenvalue weighted by Crippen LogP contribution is -2.23. The summed E-state index contributed by atoms with van der Waals surface area (Å²) in [4.78, 5) is 12.7. The third-order valence-electron chi connectivity index (χ3n) is 5.43. The summed E-state index contributed by atoms with van der Waals surface area (Å²) in [7, 11) is 1.60. The lowest BCUT2D eigenvalue weighted by molar-refractivity contribution is -0.117. The van der Waals surface area contributed by atoms with E-state index < -0.39 is 5.91 Å². The summed E-state index contributed by atoms with van der Waals surface area (Å²) < 4.78 is 7.21. The summed E-state index contributed by atoms with van der Waals surface area (Å²) in [6, 6.07) is 22.8. The third kappa shape index (κ3) is 5.26. The first-order valence-corrected chi connectivity index (χ1v) is 11.3. The highest BCUT2D eigenvalue weighted by Gasteiger charge is 2.13. The topological polar surface area (TPSA) is 67.0 Å². The number of amides is 1. The Morgan fingerprint density at radius 1 is 1.06 bits per heavy atom. The van der Waals surface area contributed by atoms with Gasteiger partial charge in [0.15, 0.2) is 0 Å². The molecular weight excluding hydrogens is 469 g/mol. The fraction of sp³-hybridized carbons (Fsp3) is 0.111. The lowest BCUT2D eigenvalue weighted by Gasteiger charge is -2.07. The number of benzene rings is 3. The predicted octanol–water partition coefficient (Wildman–Crippen LogP) is 6.23. The van der Waals surface area contributed by atoms with E-state index in [-0.39, 0.29) is 5.57 Å². The maximum atomic E-state index is 12.7. The van der Waals surface area contributed by atoms with E-state index in [9.17, 15) is 10.1 Å². The Balaban J connectivity index is 1.58. The van der Waals surface area contributed by atoms with Gasteiger partial charge < -0.3 is 14.6 Å². The summed E-state index contributed by atoms with van der Waals surface area (Å²) in [5, 5.41) is 14.4. The molecule has 1 amide bonds. The molecule has 1 aromatic heterocycles. The molecule has 7 heteroatoms.